The average molecular weight is 390 g/mol. The number of rotatable bonds is 5. The summed E-state index contributed by atoms with van der Waals surface area (Å²) >= 11 is 0. The van der Waals surface area contributed by atoms with Crippen LogP contribution in [-0.2, 0) is 0 Å². The molecule has 0 aromatic heterocycles. The number of nitrogen functional groups attached to an aromatic ring is 2. The predicted molar refractivity (Wildman–Crippen MR) is 127 cm³/mol. The van der Waals surface area contributed by atoms with Gasteiger partial charge in [0.25, 0.3) is 0 Å². The van der Waals surface area contributed by atoms with Crippen LogP contribution in [0.15, 0.2) is 119 Å². The van der Waals surface area contributed by atoms with Gasteiger partial charge in [-0.2, -0.15) is 0 Å². The van der Waals surface area contributed by atoms with Crippen LogP contribution < -0.4 is 11.5 Å². The van der Waals surface area contributed by atoms with E-state index < -0.39 is 0 Å². The lowest BCUT2D eigenvalue weighted by atomic mass is 9.99. The van der Waals surface area contributed by atoms with Crippen LogP contribution in [0.5, 0.6) is 0 Å². The average Bonchev–Trinajstić information content (AvgIpc) is 2.80. The quantitative estimate of drug-likeness (QED) is 0.334. The first-order chi connectivity index (χ1) is 14.7. The second kappa shape index (κ2) is 8.88. The fraction of sp³-hybridized carbons (Fsp3) is 0. The van der Waals surface area contributed by atoms with Crippen molar-refractivity contribution in [2.24, 2.45) is 9.98 Å². The Balaban J connectivity index is 1.93. The van der Waals surface area contributed by atoms with E-state index in [0.717, 1.165) is 33.9 Å². The normalized spacial score (nSPS) is 12.0. The standard InChI is InChI=1S/C26H22N4/c27-21-11-15-23(16-12-21)29-25(19-7-3-1-4-8-19)26(20-9-5-2-6-10-20)30-24-17-13-22(28)14-18-24/h1-18H,27-28H2/b29-25+,30-26+. The molecule has 0 heterocycles. The van der Waals surface area contributed by atoms with Crippen LogP contribution in [0.2, 0.25) is 0 Å². The molecule has 4 rings (SSSR count). The van der Waals surface area contributed by atoms with Gasteiger partial charge in [0.05, 0.1) is 22.8 Å². The van der Waals surface area contributed by atoms with Gasteiger partial charge in [-0.25, -0.2) is 9.98 Å². The second-order valence-corrected chi connectivity index (χ2v) is 6.84. The Morgan fingerprint density at radius 2 is 0.767 bits per heavy atom. The van der Waals surface area contributed by atoms with Crippen LogP contribution in [0.4, 0.5) is 22.7 Å². The summed E-state index contributed by atoms with van der Waals surface area (Å²) in [6, 6.07) is 35.2. The molecule has 0 spiro atoms. The fourth-order valence-electron chi connectivity index (χ4n) is 3.06. The number of aliphatic imine (C=N–C) groups is 2. The van der Waals surface area contributed by atoms with E-state index in [1.165, 1.54) is 0 Å². The summed E-state index contributed by atoms with van der Waals surface area (Å²) < 4.78 is 0. The Morgan fingerprint density at radius 1 is 0.433 bits per heavy atom. The molecule has 0 amide bonds. The molecule has 0 aliphatic heterocycles. The molecule has 0 unspecified atom stereocenters. The van der Waals surface area contributed by atoms with Crippen molar-refractivity contribution >= 4 is 34.2 Å². The number of hydrogen-bond donors (Lipinski definition) is 2. The van der Waals surface area contributed by atoms with Crippen molar-refractivity contribution in [2.75, 3.05) is 11.5 Å². The highest BCUT2D eigenvalue weighted by Gasteiger charge is 2.15. The molecule has 0 fully saturated rings. The third-order valence-corrected chi connectivity index (χ3v) is 4.59. The molecule has 0 aliphatic rings. The van der Waals surface area contributed by atoms with Gasteiger partial charge >= 0.3 is 0 Å². The summed E-state index contributed by atoms with van der Waals surface area (Å²) in [6.45, 7) is 0. The Hall–Kier alpha value is -4.18. The highest BCUT2D eigenvalue weighted by molar-refractivity contribution is 6.54. The first-order valence-corrected chi connectivity index (χ1v) is 9.69. The molecule has 4 heteroatoms. The van der Waals surface area contributed by atoms with Gasteiger partial charge < -0.3 is 11.5 Å². The van der Waals surface area contributed by atoms with Crippen molar-refractivity contribution in [3.8, 4) is 0 Å². The lowest BCUT2D eigenvalue weighted by Gasteiger charge is -2.12. The molecule has 0 aliphatic carbocycles. The lowest BCUT2D eigenvalue weighted by Crippen LogP contribution is -2.17. The minimum atomic E-state index is 0.703. The number of hydrogen-bond acceptors (Lipinski definition) is 4. The maximum Gasteiger partial charge on any atom is 0.0972 e. The predicted octanol–water partition coefficient (Wildman–Crippen LogP) is 5.79. The summed E-state index contributed by atoms with van der Waals surface area (Å²) in [7, 11) is 0. The Labute approximate surface area is 176 Å². The SMILES string of the molecule is Nc1ccc(/N=C(/C(=N/c2ccc(N)cc2)c2ccccc2)c2ccccc2)cc1. The van der Waals surface area contributed by atoms with Gasteiger partial charge in [-0.1, -0.05) is 60.7 Å². The van der Waals surface area contributed by atoms with Crippen LogP contribution in [-0.4, -0.2) is 11.4 Å². The van der Waals surface area contributed by atoms with E-state index in [2.05, 4.69) is 0 Å². The van der Waals surface area contributed by atoms with Crippen LogP contribution in [0.25, 0.3) is 0 Å². The summed E-state index contributed by atoms with van der Waals surface area (Å²) in [4.78, 5) is 9.93. The van der Waals surface area contributed by atoms with Crippen molar-refractivity contribution in [3.05, 3.63) is 120 Å². The molecule has 0 saturated heterocycles. The smallest absolute Gasteiger partial charge is 0.0972 e. The van der Waals surface area contributed by atoms with Crippen LogP contribution in [0.1, 0.15) is 11.1 Å². The maximum atomic E-state index is 5.85. The van der Waals surface area contributed by atoms with E-state index in [1.54, 1.807) is 0 Å². The van der Waals surface area contributed by atoms with Crippen molar-refractivity contribution in [3.63, 3.8) is 0 Å². The molecule has 0 saturated carbocycles. The topological polar surface area (TPSA) is 76.8 Å². The highest BCUT2D eigenvalue weighted by Crippen LogP contribution is 2.22. The minimum Gasteiger partial charge on any atom is -0.399 e. The van der Waals surface area contributed by atoms with E-state index in [-0.39, 0.29) is 0 Å². The van der Waals surface area contributed by atoms with E-state index in [0.29, 0.717) is 11.4 Å². The van der Waals surface area contributed by atoms with Crippen molar-refractivity contribution in [1.82, 2.24) is 0 Å². The second-order valence-electron chi connectivity index (χ2n) is 6.84. The maximum absolute atomic E-state index is 5.85. The van der Waals surface area contributed by atoms with Gasteiger partial charge in [-0.15, -0.1) is 0 Å². The number of nitrogens with two attached hydrogens (primary N) is 2. The first-order valence-electron chi connectivity index (χ1n) is 9.69. The zero-order valence-electron chi connectivity index (χ0n) is 16.4. The summed E-state index contributed by atoms with van der Waals surface area (Å²) in [5.74, 6) is 0. The molecule has 4 aromatic rings. The molecular formula is C26H22N4. The fourth-order valence-corrected chi connectivity index (χ4v) is 3.06. The van der Waals surface area contributed by atoms with E-state index in [4.69, 9.17) is 21.5 Å². The van der Waals surface area contributed by atoms with Crippen LogP contribution in [0, 0.1) is 0 Å². The number of benzene rings is 4. The third-order valence-electron chi connectivity index (χ3n) is 4.59. The molecule has 4 aromatic carbocycles. The third kappa shape index (κ3) is 4.62. The lowest BCUT2D eigenvalue weighted by molar-refractivity contribution is 1.47. The van der Waals surface area contributed by atoms with E-state index in [9.17, 15) is 0 Å². The van der Waals surface area contributed by atoms with Gasteiger partial charge in [0.1, 0.15) is 0 Å². The molecule has 30 heavy (non-hydrogen) atoms. The van der Waals surface area contributed by atoms with Gasteiger partial charge in [-0.3, -0.25) is 0 Å². The molecule has 4 nitrogen and oxygen atoms in total. The molecular weight excluding hydrogens is 368 g/mol. The number of nitrogens with zero attached hydrogens (tertiary/aromatic N) is 2. The summed E-state index contributed by atoms with van der Waals surface area (Å²) in [5, 5.41) is 0. The van der Waals surface area contributed by atoms with Gasteiger partial charge in [0.15, 0.2) is 0 Å². The van der Waals surface area contributed by atoms with Crippen molar-refractivity contribution < 1.29 is 0 Å². The van der Waals surface area contributed by atoms with E-state index in [1.807, 2.05) is 109 Å². The van der Waals surface area contributed by atoms with Gasteiger partial charge in [0.2, 0.25) is 0 Å². The van der Waals surface area contributed by atoms with Crippen LogP contribution in [0.3, 0.4) is 0 Å². The Kier molecular flexibility index (Phi) is 5.67. The summed E-state index contributed by atoms with van der Waals surface area (Å²) in [5.41, 5.74) is 18.2. The zero-order chi connectivity index (χ0) is 20.8. The monoisotopic (exact) mass is 390 g/mol. The molecule has 146 valence electrons. The zero-order valence-corrected chi connectivity index (χ0v) is 16.4. The molecule has 0 bridgehead atoms. The Morgan fingerprint density at radius 3 is 1.10 bits per heavy atom. The van der Waals surface area contributed by atoms with Crippen LogP contribution >= 0.6 is 0 Å². The minimum absolute atomic E-state index is 0.703. The van der Waals surface area contributed by atoms with E-state index >= 15 is 0 Å². The molecule has 0 radical (unpaired) electrons. The summed E-state index contributed by atoms with van der Waals surface area (Å²) in [6.07, 6.45) is 0. The largest absolute Gasteiger partial charge is 0.399 e. The van der Waals surface area contributed by atoms with Gasteiger partial charge in [0, 0.05) is 22.5 Å². The van der Waals surface area contributed by atoms with Crippen molar-refractivity contribution in [1.29, 1.82) is 0 Å². The number of anilines is 2. The first kappa shape index (κ1) is 19.2. The van der Waals surface area contributed by atoms with Crippen molar-refractivity contribution in [2.45, 2.75) is 0 Å². The molecule has 4 N–H and O–H groups in total. The Bertz CT molecular complexity index is 1060. The molecule has 0 atom stereocenters. The highest BCUT2D eigenvalue weighted by atomic mass is 14.8. The van der Waals surface area contributed by atoms with Gasteiger partial charge in [-0.05, 0) is 48.5 Å².